The molecule has 6 rings (SSSR count). The Kier molecular flexibility index (Phi) is 5.73. The molecule has 180 valence electrons. The van der Waals surface area contributed by atoms with Gasteiger partial charge < -0.3 is 9.72 Å². The molecule has 0 bridgehead atoms. The molecule has 1 N–H and O–H groups in total. The smallest absolute Gasteiger partial charge is 0.305 e. The van der Waals surface area contributed by atoms with E-state index < -0.39 is 22.9 Å². The molecule has 0 unspecified atom stereocenters. The highest BCUT2D eigenvalue weighted by molar-refractivity contribution is 8.00. The van der Waals surface area contributed by atoms with Crippen LogP contribution in [-0.2, 0) is 16.2 Å². The van der Waals surface area contributed by atoms with Crippen LogP contribution in [0, 0.1) is 11.7 Å². The normalized spacial score (nSPS) is 20.8. The lowest BCUT2D eigenvalue weighted by molar-refractivity contribution is -0.122. The van der Waals surface area contributed by atoms with Crippen LogP contribution in [0.25, 0.3) is 0 Å². The first kappa shape index (κ1) is 22.8. The monoisotopic (exact) mass is 518 g/mol. The van der Waals surface area contributed by atoms with Gasteiger partial charge in [-0.15, -0.1) is 0 Å². The van der Waals surface area contributed by atoms with Gasteiger partial charge >= 0.3 is 4.87 Å². The summed E-state index contributed by atoms with van der Waals surface area (Å²) in [4.78, 5) is 44.1. The van der Waals surface area contributed by atoms with Gasteiger partial charge in [0.1, 0.15) is 23.4 Å². The third kappa shape index (κ3) is 3.84. The molecule has 9 heteroatoms. The summed E-state index contributed by atoms with van der Waals surface area (Å²) in [5, 5.41) is -0.135. The zero-order valence-electron chi connectivity index (χ0n) is 18.7. The number of aromatic amines is 1. The molecule has 6 nitrogen and oxygen atoms in total. The molecule has 0 spiro atoms. The fraction of sp³-hybridized carbons (Fsp3) is 0.148. The quantitative estimate of drug-likeness (QED) is 0.378. The molecule has 4 aromatic rings. The molecule has 0 radical (unpaired) electrons. The summed E-state index contributed by atoms with van der Waals surface area (Å²) in [6.45, 7) is 0.332. The van der Waals surface area contributed by atoms with E-state index in [-0.39, 0.29) is 16.7 Å². The Morgan fingerprint density at radius 3 is 2.39 bits per heavy atom. The number of carbonyl (C=O) groups excluding carboxylic acids is 2. The Hall–Kier alpha value is -3.69. The van der Waals surface area contributed by atoms with Crippen LogP contribution >= 0.6 is 23.1 Å². The van der Waals surface area contributed by atoms with Crippen molar-refractivity contribution in [1.82, 2.24) is 4.98 Å². The Bertz CT molecular complexity index is 1520. The topological polar surface area (TPSA) is 79.5 Å². The van der Waals surface area contributed by atoms with E-state index in [4.69, 9.17) is 4.74 Å². The molecule has 2 amide bonds. The van der Waals surface area contributed by atoms with Crippen LogP contribution in [0.1, 0.15) is 21.9 Å². The van der Waals surface area contributed by atoms with Gasteiger partial charge in [0.15, 0.2) is 0 Å². The molecule has 1 saturated heterocycles. The second-order valence-corrected chi connectivity index (χ2v) is 10.7. The first-order chi connectivity index (χ1) is 17.5. The third-order valence-corrected chi connectivity index (χ3v) is 8.80. The molecule has 2 aliphatic heterocycles. The van der Waals surface area contributed by atoms with Gasteiger partial charge in [-0.05, 0) is 35.9 Å². The van der Waals surface area contributed by atoms with Crippen LogP contribution in [0.2, 0.25) is 0 Å². The van der Waals surface area contributed by atoms with Crippen molar-refractivity contribution < 1.29 is 18.7 Å². The summed E-state index contributed by atoms with van der Waals surface area (Å²) >= 11 is 2.25. The largest absolute Gasteiger partial charge is 0.489 e. The van der Waals surface area contributed by atoms with Gasteiger partial charge in [0.05, 0.1) is 16.6 Å². The Morgan fingerprint density at radius 1 is 0.889 bits per heavy atom. The third-order valence-electron chi connectivity index (χ3n) is 6.40. The fourth-order valence-corrected chi connectivity index (χ4v) is 7.31. The van der Waals surface area contributed by atoms with Crippen molar-refractivity contribution in [2.24, 2.45) is 5.92 Å². The first-order valence-electron chi connectivity index (χ1n) is 11.3. The van der Waals surface area contributed by atoms with Gasteiger partial charge in [0.25, 0.3) is 0 Å². The minimum absolute atomic E-state index is 0.240. The minimum atomic E-state index is -0.743. The number of imide groups is 1. The van der Waals surface area contributed by atoms with Gasteiger partial charge in [-0.25, -0.2) is 9.29 Å². The number of aromatic nitrogens is 1. The Balaban J connectivity index is 1.43. The zero-order valence-corrected chi connectivity index (χ0v) is 20.4. The van der Waals surface area contributed by atoms with E-state index in [0.717, 1.165) is 27.4 Å². The van der Waals surface area contributed by atoms with E-state index in [1.54, 1.807) is 0 Å². The number of nitrogens with zero attached hydrogens (tertiary/aromatic N) is 1. The number of hydrogen-bond donors (Lipinski definition) is 1. The van der Waals surface area contributed by atoms with Crippen molar-refractivity contribution in [1.29, 1.82) is 0 Å². The summed E-state index contributed by atoms with van der Waals surface area (Å²) in [6.07, 6.45) is 0. The minimum Gasteiger partial charge on any atom is -0.489 e. The van der Waals surface area contributed by atoms with Crippen LogP contribution in [0.3, 0.4) is 0 Å². The highest BCUT2D eigenvalue weighted by Crippen LogP contribution is 2.54. The van der Waals surface area contributed by atoms with Crippen molar-refractivity contribution >= 4 is 40.6 Å². The van der Waals surface area contributed by atoms with E-state index in [0.29, 0.717) is 27.9 Å². The number of amides is 2. The summed E-state index contributed by atoms with van der Waals surface area (Å²) in [7, 11) is 0. The van der Waals surface area contributed by atoms with E-state index in [1.165, 1.54) is 36.0 Å². The number of hydrogen-bond acceptors (Lipinski definition) is 6. The van der Waals surface area contributed by atoms with Crippen LogP contribution in [-0.4, -0.2) is 22.0 Å². The molecule has 0 aliphatic carbocycles. The number of anilines is 1. The number of thiazole rings is 1. The average molecular weight is 519 g/mol. The van der Waals surface area contributed by atoms with Crippen molar-refractivity contribution in [2.45, 2.75) is 22.8 Å². The average Bonchev–Trinajstić information content (AvgIpc) is 3.38. The van der Waals surface area contributed by atoms with E-state index in [9.17, 15) is 18.8 Å². The highest BCUT2D eigenvalue weighted by atomic mass is 32.2. The van der Waals surface area contributed by atoms with Crippen LogP contribution in [0.4, 0.5) is 10.1 Å². The molecule has 3 heterocycles. The standard InChI is InChI=1S/C27H19FN2O4S2/c28-16-10-12-17(13-11-16)30-25(31)21-20(22-24(29-27(33)36-22)35-23(21)26(30)32)18-8-4-5-9-19(18)34-14-15-6-2-1-3-7-15/h1-13,20-21,23H,14H2,(H,29,33)/t20-,21-,23+/m0/s1. The van der Waals surface area contributed by atoms with E-state index in [2.05, 4.69) is 4.98 Å². The number of rotatable bonds is 5. The second-order valence-electron chi connectivity index (χ2n) is 8.55. The molecule has 36 heavy (non-hydrogen) atoms. The van der Waals surface area contributed by atoms with Gasteiger partial charge in [0.2, 0.25) is 11.8 Å². The lowest BCUT2D eigenvalue weighted by Crippen LogP contribution is -2.32. The molecule has 1 aromatic heterocycles. The first-order valence-corrected chi connectivity index (χ1v) is 13.0. The maximum Gasteiger partial charge on any atom is 0.305 e. The molecule has 1 fully saturated rings. The number of halogens is 1. The predicted octanol–water partition coefficient (Wildman–Crippen LogP) is 4.95. The number of ether oxygens (including phenoxy) is 1. The van der Waals surface area contributed by atoms with Gasteiger partial charge in [-0.3, -0.25) is 14.4 Å². The number of benzene rings is 3. The maximum absolute atomic E-state index is 13.8. The molecular weight excluding hydrogens is 499 g/mol. The van der Waals surface area contributed by atoms with Gasteiger partial charge in [-0.1, -0.05) is 71.6 Å². The Morgan fingerprint density at radius 2 is 1.61 bits per heavy atom. The fourth-order valence-electron chi connectivity index (χ4n) is 4.80. The molecule has 3 atom stereocenters. The van der Waals surface area contributed by atoms with Gasteiger partial charge in [-0.2, -0.15) is 0 Å². The summed E-state index contributed by atoms with van der Waals surface area (Å²) in [6, 6.07) is 22.5. The summed E-state index contributed by atoms with van der Waals surface area (Å²) in [5.41, 5.74) is 2.05. The number of thioether (sulfide) groups is 1. The van der Waals surface area contributed by atoms with E-state index in [1.807, 2.05) is 54.6 Å². The molecule has 2 aliphatic rings. The molecular formula is C27H19FN2O4S2. The lowest BCUT2D eigenvalue weighted by atomic mass is 9.82. The van der Waals surface area contributed by atoms with Crippen molar-refractivity contribution in [2.75, 3.05) is 4.90 Å². The van der Waals surface area contributed by atoms with E-state index >= 15 is 0 Å². The molecule has 0 saturated carbocycles. The number of carbonyl (C=O) groups is 2. The van der Waals surface area contributed by atoms with Crippen molar-refractivity contribution in [3.63, 3.8) is 0 Å². The summed E-state index contributed by atoms with van der Waals surface area (Å²) in [5.74, 6) is -1.92. The predicted molar refractivity (Wildman–Crippen MR) is 136 cm³/mol. The lowest BCUT2D eigenvalue weighted by Gasteiger charge is -2.30. The highest BCUT2D eigenvalue weighted by Gasteiger charge is 2.56. The van der Waals surface area contributed by atoms with Crippen LogP contribution in [0.15, 0.2) is 88.7 Å². The zero-order chi connectivity index (χ0) is 24.8. The van der Waals surface area contributed by atoms with Crippen molar-refractivity contribution in [3.8, 4) is 5.75 Å². The van der Waals surface area contributed by atoms with Gasteiger partial charge in [0, 0.05) is 16.4 Å². The molecule has 3 aromatic carbocycles. The number of fused-ring (bicyclic) bond motifs is 2. The van der Waals surface area contributed by atoms with Crippen LogP contribution in [0.5, 0.6) is 5.75 Å². The number of nitrogens with one attached hydrogen (secondary N) is 1. The SMILES string of the molecule is O=C1[C@H]2[C@H](c3ccccc3OCc3ccccc3)c3sc(=O)[nH]c3S[C@H]2C(=O)N1c1ccc(F)cc1. The van der Waals surface area contributed by atoms with Crippen molar-refractivity contribution in [3.05, 3.63) is 110 Å². The Labute approximate surface area is 213 Å². The van der Waals surface area contributed by atoms with Crippen LogP contribution < -0.4 is 14.5 Å². The number of H-pyrrole nitrogens is 1. The summed E-state index contributed by atoms with van der Waals surface area (Å²) < 4.78 is 19.7. The number of para-hydroxylation sites is 1. The second kappa shape index (κ2) is 9.07. The maximum atomic E-state index is 13.8.